The minimum Gasteiger partial charge on any atom is -0.383 e. The lowest BCUT2D eigenvalue weighted by Gasteiger charge is -2.24. The molecule has 0 aromatic heterocycles. The molecule has 0 atom stereocenters. The molecule has 1 rings (SSSR count). The van der Waals surface area contributed by atoms with Gasteiger partial charge in [-0.1, -0.05) is 24.3 Å². The smallest absolute Gasteiger partial charge is 0.216 e. The normalized spacial score (nSPS) is 12.6. The summed E-state index contributed by atoms with van der Waals surface area (Å²) < 4.78 is 31.9. The Hall–Kier alpha value is -0.950. The quantitative estimate of drug-likeness (QED) is 0.758. The van der Waals surface area contributed by atoms with Crippen molar-refractivity contribution >= 4 is 10.0 Å². The highest BCUT2D eigenvalue weighted by Crippen LogP contribution is 2.11. The van der Waals surface area contributed by atoms with E-state index in [1.807, 2.05) is 31.3 Å². The van der Waals surface area contributed by atoms with Gasteiger partial charge in [-0.05, 0) is 32.0 Å². The van der Waals surface area contributed by atoms with Crippen LogP contribution in [0.3, 0.4) is 0 Å². The summed E-state index contributed by atoms with van der Waals surface area (Å²) in [6, 6.07) is 7.55. The van der Waals surface area contributed by atoms with Crippen molar-refractivity contribution in [3.63, 3.8) is 0 Å². The molecule has 5 nitrogen and oxygen atoms in total. The molecule has 0 heterocycles. The molecule has 0 aliphatic carbocycles. The third-order valence-electron chi connectivity index (χ3n) is 2.70. The Morgan fingerprint density at radius 2 is 1.70 bits per heavy atom. The van der Waals surface area contributed by atoms with Crippen molar-refractivity contribution in [3.05, 3.63) is 35.4 Å². The average Bonchev–Trinajstić information content (AvgIpc) is 2.29. The Kier molecular flexibility index (Phi) is 6.13. The van der Waals surface area contributed by atoms with Crippen molar-refractivity contribution in [2.24, 2.45) is 0 Å². The number of sulfonamides is 1. The van der Waals surface area contributed by atoms with Gasteiger partial charge in [0.05, 0.1) is 17.9 Å². The molecule has 1 aromatic carbocycles. The van der Waals surface area contributed by atoms with Gasteiger partial charge in [-0.25, -0.2) is 13.1 Å². The summed E-state index contributed by atoms with van der Waals surface area (Å²) in [5.41, 5.74) is 1.28. The lowest BCUT2D eigenvalue weighted by atomic mass is 10.1. The predicted octanol–water partition coefficient (Wildman–Crippen LogP) is 1.25. The van der Waals surface area contributed by atoms with Gasteiger partial charge in [0.2, 0.25) is 10.0 Å². The third-order valence-corrected chi connectivity index (χ3v) is 4.27. The zero-order valence-electron chi connectivity index (χ0n) is 12.6. The van der Waals surface area contributed by atoms with Crippen molar-refractivity contribution in [1.82, 2.24) is 10.0 Å². The molecule has 0 fully saturated rings. The van der Waals surface area contributed by atoms with E-state index in [4.69, 9.17) is 4.74 Å². The highest BCUT2D eigenvalue weighted by atomic mass is 32.2. The summed E-state index contributed by atoms with van der Waals surface area (Å²) in [5.74, 6) is -0.0278. The van der Waals surface area contributed by atoms with Crippen molar-refractivity contribution in [1.29, 1.82) is 0 Å². The van der Waals surface area contributed by atoms with Crippen LogP contribution in [0, 0.1) is 0 Å². The molecule has 114 valence electrons. The third kappa shape index (κ3) is 6.00. The van der Waals surface area contributed by atoms with E-state index in [0.29, 0.717) is 6.61 Å². The van der Waals surface area contributed by atoms with Gasteiger partial charge >= 0.3 is 0 Å². The van der Waals surface area contributed by atoms with E-state index in [0.717, 1.165) is 17.7 Å². The van der Waals surface area contributed by atoms with Crippen LogP contribution in [-0.4, -0.2) is 34.7 Å². The second-order valence-electron chi connectivity index (χ2n) is 5.52. The number of methoxy groups -OCH3 is 1. The summed E-state index contributed by atoms with van der Waals surface area (Å²) in [6.45, 7) is 4.69. The lowest BCUT2D eigenvalue weighted by Crippen LogP contribution is -2.47. The number of hydrogen-bond donors (Lipinski definition) is 2. The van der Waals surface area contributed by atoms with Crippen LogP contribution in [0.5, 0.6) is 0 Å². The topological polar surface area (TPSA) is 67.4 Å². The first-order valence-electron chi connectivity index (χ1n) is 6.51. The summed E-state index contributed by atoms with van der Waals surface area (Å²) in [5, 5.41) is 3.05. The Morgan fingerprint density at radius 1 is 1.15 bits per heavy atom. The highest BCUT2D eigenvalue weighted by Gasteiger charge is 2.24. The van der Waals surface area contributed by atoms with Crippen molar-refractivity contribution in [2.75, 3.05) is 20.8 Å². The van der Waals surface area contributed by atoms with Gasteiger partial charge in [-0.15, -0.1) is 0 Å². The van der Waals surface area contributed by atoms with Gasteiger partial charge in [-0.3, -0.25) is 0 Å². The molecule has 0 saturated heterocycles. The van der Waals surface area contributed by atoms with Crippen LogP contribution in [0.15, 0.2) is 24.3 Å². The Bertz CT molecular complexity index is 510. The van der Waals surface area contributed by atoms with Gasteiger partial charge in [0.1, 0.15) is 0 Å². The Balaban J connectivity index is 2.71. The number of hydrogen-bond acceptors (Lipinski definition) is 4. The fourth-order valence-corrected chi connectivity index (χ4v) is 3.63. The Labute approximate surface area is 121 Å². The summed E-state index contributed by atoms with van der Waals surface area (Å²) in [6.07, 6.45) is 0. The van der Waals surface area contributed by atoms with Gasteiger partial charge in [0, 0.05) is 13.7 Å². The van der Waals surface area contributed by atoms with Crippen molar-refractivity contribution in [2.45, 2.75) is 31.7 Å². The number of rotatable bonds is 8. The van der Waals surface area contributed by atoms with E-state index in [-0.39, 0.29) is 5.75 Å². The molecule has 0 aliphatic heterocycles. The van der Waals surface area contributed by atoms with Gasteiger partial charge in [0.15, 0.2) is 0 Å². The standard InChI is InChI=1S/C14H24N2O3S/c1-14(2,11-19-4)16-20(17,18)10-13-7-5-12(6-8-13)9-15-3/h5-8,15-16H,9-11H2,1-4H3. The molecule has 6 heteroatoms. The van der Waals surface area contributed by atoms with Crippen LogP contribution in [0.4, 0.5) is 0 Å². The van der Waals surface area contributed by atoms with Crippen LogP contribution in [-0.2, 0) is 27.1 Å². The van der Waals surface area contributed by atoms with E-state index in [1.54, 1.807) is 21.0 Å². The molecular formula is C14H24N2O3S. The van der Waals surface area contributed by atoms with E-state index >= 15 is 0 Å². The molecule has 0 aliphatic rings. The first kappa shape index (κ1) is 17.1. The molecule has 0 saturated carbocycles. The summed E-state index contributed by atoms with van der Waals surface area (Å²) in [7, 11) is 0.0420. The first-order chi connectivity index (χ1) is 9.28. The zero-order chi connectivity index (χ0) is 15.2. The van der Waals surface area contributed by atoms with Crippen molar-refractivity contribution < 1.29 is 13.2 Å². The molecular weight excluding hydrogens is 276 g/mol. The number of nitrogens with one attached hydrogen (secondary N) is 2. The molecule has 0 radical (unpaired) electrons. The largest absolute Gasteiger partial charge is 0.383 e. The molecule has 20 heavy (non-hydrogen) atoms. The van der Waals surface area contributed by atoms with Crippen LogP contribution in [0.2, 0.25) is 0 Å². The second kappa shape index (κ2) is 7.17. The van der Waals surface area contributed by atoms with Gasteiger partial charge in [-0.2, -0.15) is 0 Å². The molecule has 1 aromatic rings. The van der Waals surface area contributed by atoms with E-state index in [2.05, 4.69) is 10.0 Å². The zero-order valence-corrected chi connectivity index (χ0v) is 13.4. The van der Waals surface area contributed by atoms with E-state index in [9.17, 15) is 8.42 Å². The summed E-state index contributed by atoms with van der Waals surface area (Å²) >= 11 is 0. The Morgan fingerprint density at radius 3 is 2.20 bits per heavy atom. The van der Waals surface area contributed by atoms with E-state index < -0.39 is 15.6 Å². The molecule has 0 amide bonds. The van der Waals surface area contributed by atoms with Gasteiger partial charge < -0.3 is 10.1 Å². The maximum atomic E-state index is 12.1. The maximum Gasteiger partial charge on any atom is 0.216 e. The fourth-order valence-electron chi connectivity index (χ4n) is 2.02. The number of ether oxygens (including phenoxy) is 1. The minimum absolute atomic E-state index is 0.0278. The molecule has 0 bridgehead atoms. The lowest BCUT2D eigenvalue weighted by molar-refractivity contribution is 0.141. The van der Waals surface area contributed by atoms with Crippen molar-refractivity contribution in [3.8, 4) is 0 Å². The fraction of sp³-hybridized carbons (Fsp3) is 0.571. The molecule has 2 N–H and O–H groups in total. The van der Waals surface area contributed by atoms with Crippen LogP contribution >= 0.6 is 0 Å². The first-order valence-corrected chi connectivity index (χ1v) is 8.16. The highest BCUT2D eigenvalue weighted by molar-refractivity contribution is 7.88. The van der Waals surface area contributed by atoms with Crippen LogP contribution < -0.4 is 10.0 Å². The summed E-state index contributed by atoms with van der Waals surface area (Å²) in [4.78, 5) is 0. The number of benzene rings is 1. The van der Waals surface area contributed by atoms with Gasteiger partial charge in [0.25, 0.3) is 0 Å². The SMILES string of the molecule is CNCc1ccc(CS(=O)(=O)NC(C)(C)COC)cc1. The molecule has 0 spiro atoms. The monoisotopic (exact) mass is 300 g/mol. The van der Waals surface area contributed by atoms with Crippen LogP contribution in [0.25, 0.3) is 0 Å². The second-order valence-corrected chi connectivity index (χ2v) is 7.25. The van der Waals surface area contributed by atoms with Crippen LogP contribution in [0.1, 0.15) is 25.0 Å². The minimum atomic E-state index is -3.39. The van der Waals surface area contributed by atoms with E-state index in [1.165, 1.54) is 0 Å². The maximum absolute atomic E-state index is 12.1. The molecule has 0 unspecified atom stereocenters. The average molecular weight is 300 g/mol. The predicted molar refractivity (Wildman–Crippen MR) is 80.9 cm³/mol.